The molecule has 1 fully saturated rings. The van der Waals surface area contributed by atoms with Crippen molar-refractivity contribution >= 4 is 35.9 Å². The first-order chi connectivity index (χ1) is 14.0. The van der Waals surface area contributed by atoms with Crippen LogP contribution in [0, 0.1) is 0 Å². The number of anilines is 1. The summed E-state index contributed by atoms with van der Waals surface area (Å²) in [7, 11) is 1.68. The van der Waals surface area contributed by atoms with Gasteiger partial charge in [-0.15, -0.1) is 24.0 Å². The van der Waals surface area contributed by atoms with Crippen LogP contribution in [-0.2, 0) is 6.18 Å². The Balaban J connectivity index is 0.00000320. The Morgan fingerprint density at radius 3 is 2.40 bits per heavy atom. The molecule has 0 unspecified atom stereocenters. The predicted octanol–water partition coefficient (Wildman–Crippen LogP) is 2.89. The van der Waals surface area contributed by atoms with Crippen molar-refractivity contribution < 1.29 is 17.9 Å². The number of halogens is 4. The van der Waals surface area contributed by atoms with E-state index in [0.29, 0.717) is 18.5 Å². The van der Waals surface area contributed by atoms with Gasteiger partial charge in [-0.05, 0) is 18.2 Å². The molecule has 0 aliphatic carbocycles. The number of nitrogens with zero attached hydrogens (tertiary/aromatic N) is 5. The Morgan fingerprint density at radius 2 is 1.77 bits per heavy atom. The van der Waals surface area contributed by atoms with Crippen molar-refractivity contribution in [2.24, 2.45) is 4.99 Å². The van der Waals surface area contributed by atoms with Gasteiger partial charge in [-0.1, -0.05) is 12.1 Å². The molecule has 1 saturated heterocycles. The van der Waals surface area contributed by atoms with E-state index in [1.54, 1.807) is 25.5 Å². The number of hydrogen-bond donors (Lipinski definition) is 1. The summed E-state index contributed by atoms with van der Waals surface area (Å²) in [5.74, 6) is 1.21. The third-order valence-electron chi connectivity index (χ3n) is 4.46. The molecule has 1 aromatic heterocycles. The van der Waals surface area contributed by atoms with Gasteiger partial charge in [0, 0.05) is 45.6 Å². The maximum absolute atomic E-state index is 13.0. The monoisotopic (exact) mass is 536 g/mol. The molecular formula is C19H24F3IN6O. The van der Waals surface area contributed by atoms with Crippen LogP contribution in [0.5, 0.6) is 5.75 Å². The van der Waals surface area contributed by atoms with Gasteiger partial charge in [-0.25, -0.2) is 9.97 Å². The molecule has 1 N–H and O–H groups in total. The van der Waals surface area contributed by atoms with Crippen molar-refractivity contribution in [3.63, 3.8) is 0 Å². The summed E-state index contributed by atoms with van der Waals surface area (Å²) in [6.45, 7) is 3.39. The van der Waals surface area contributed by atoms with Crippen LogP contribution in [0.25, 0.3) is 0 Å². The predicted molar refractivity (Wildman–Crippen MR) is 120 cm³/mol. The number of aromatic nitrogens is 2. The van der Waals surface area contributed by atoms with Gasteiger partial charge in [-0.3, -0.25) is 4.99 Å². The van der Waals surface area contributed by atoms with Gasteiger partial charge in [-0.2, -0.15) is 13.2 Å². The quantitative estimate of drug-likeness (QED) is 0.275. The number of piperazine rings is 1. The van der Waals surface area contributed by atoms with Crippen LogP contribution in [0.4, 0.5) is 19.1 Å². The molecule has 2 aromatic rings. The molecule has 1 aliphatic rings. The first kappa shape index (κ1) is 24.0. The van der Waals surface area contributed by atoms with Gasteiger partial charge in [0.05, 0.1) is 12.1 Å². The van der Waals surface area contributed by atoms with Gasteiger partial charge < -0.3 is 19.9 Å². The summed E-state index contributed by atoms with van der Waals surface area (Å²) in [6.07, 6.45) is -1.01. The molecular weight excluding hydrogens is 512 g/mol. The lowest BCUT2D eigenvalue weighted by atomic mass is 10.2. The zero-order valence-corrected chi connectivity index (χ0v) is 18.8. The second-order valence-electron chi connectivity index (χ2n) is 6.34. The molecule has 0 amide bonds. The SMILES string of the molecule is CN=C(NCCOc1ccccc1C(F)(F)F)N1CCN(c2ncccn2)CC1.I. The van der Waals surface area contributed by atoms with Gasteiger partial charge in [0.1, 0.15) is 12.4 Å². The molecule has 30 heavy (non-hydrogen) atoms. The lowest BCUT2D eigenvalue weighted by Crippen LogP contribution is -2.53. The van der Waals surface area contributed by atoms with Crippen LogP contribution >= 0.6 is 24.0 Å². The summed E-state index contributed by atoms with van der Waals surface area (Å²) in [5, 5.41) is 3.14. The van der Waals surface area contributed by atoms with Crippen LogP contribution in [0.3, 0.4) is 0 Å². The fourth-order valence-electron chi connectivity index (χ4n) is 3.06. The molecule has 164 valence electrons. The molecule has 0 saturated carbocycles. The fraction of sp³-hybridized carbons (Fsp3) is 0.421. The van der Waals surface area contributed by atoms with E-state index in [2.05, 4.69) is 30.1 Å². The van der Waals surface area contributed by atoms with E-state index >= 15 is 0 Å². The highest BCUT2D eigenvalue weighted by Gasteiger charge is 2.34. The highest BCUT2D eigenvalue weighted by molar-refractivity contribution is 14.0. The first-order valence-electron chi connectivity index (χ1n) is 9.25. The lowest BCUT2D eigenvalue weighted by molar-refractivity contribution is -0.138. The van der Waals surface area contributed by atoms with Crippen LogP contribution < -0.4 is 15.0 Å². The zero-order chi connectivity index (χ0) is 20.7. The minimum atomic E-state index is -4.44. The standard InChI is InChI=1S/C19H23F3N6O.HI/c1-23-17(27-10-12-28(13-11-27)18-24-7-4-8-25-18)26-9-14-29-16-6-3-2-5-15(16)19(20,21)22;/h2-8H,9-14H2,1H3,(H,23,26);1H. The molecule has 1 aromatic carbocycles. The number of rotatable bonds is 5. The Hall–Kier alpha value is -2.31. The van der Waals surface area contributed by atoms with E-state index in [4.69, 9.17) is 4.74 Å². The van der Waals surface area contributed by atoms with Crippen molar-refractivity contribution in [1.29, 1.82) is 0 Å². The Kier molecular flexibility index (Phi) is 8.93. The lowest BCUT2D eigenvalue weighted by Gasteiger charge is -2.36. The van der Waals surface area contributed by atoms with Crippen molar-refractivity contribution in [1.82, 2.24) is 20.2 Å². The van der Waals surface area contributed by atoms with Crippen LogP contribution in [0.2, 0.25) is 0 Å². The van der Waals surface area contributed by atoms with Gasteiger partial charge in [0.2, 0.25) is 5.95 Å². The van der Waals surface area contributed by atoms with E-state index in [-0.39, 0.29) is 36.3 Å². The van der Waals surface area contributed by atoms with Crippen molar-refractivity contribution in [3.05, 3.63) is 48.3 Å². The normalized spacial score (nSPS) is 14.9. The van der Waals surface area contributed by atoms with Crippen molar-refractivity contribution in [3.8, 4) is 5.75 Å². The second kappa shape index (κ2) is 11.2. The Morgan fingerprint density at radius 1 is 1.10 bits per heavy atom. The maximum atomic E-state index is 13.0. The highest BCUT2D eigenvalue weighted by atomic mass is 127. The minimum absolute atomic E-state index is 0. The largest absolute Gasteiger partial charge is 0.491 e. The van der Waals surface area contributed by atoms with E-state index < -0.39 is 11.7 Å². The van der Waals surface area contributed by atoms with Gasteiger partial charge in [0.15, 0.2) is 5.96 Å². The second-order valence-corrected chi connectivity index (χ2v) is 6.34. The van der Waals surface area contributed by atoms with Crippen molar-refractivity contribution in [2.75, 3.05) is 51.3 Å². The molecule has 0 bridgehead atoms. The van der Waals surface area contributed by atoms with E-state index in [1.807, 2.05) is 0 Å². The van der Waals surface area contributed by atoms with Crippen LogP contribution in [-0.4, -0.2) is 67.2 Å². The third-order valence-corrected chi connectivity index (χ3v) is 4.46. The average Bonchev–Trinajstić information content (AvgIpc) is 2.74. The van der Waals surface area contributed by atoms with E-state index in [1.165, 1.54) is 18.2 Å². The number of para-hydroxylation sites is 1. The molecule has 1 aliphatic heterocycles. The summed E-state index contributed by atoms with van der Waals surface area (Å²) in [5.41, 5.74) is -0.774. The molecule has 0 radical (unpaired) electrons. The number of ether oxygens (including phenoxy) is 1. The highest BCUT2D eigenvalue weighted by Crippen LogP contribution is 2.35. The molecule has 0 atom stereocenters. The minimum Gasteiger partial charge on any atom is -0.491 e. The first-order valence-corrected chi connectivity index (χ1v) is 9.25. The zero-order valence-electron chi connectivity index (χ0n) is 16.5. The van der Waals surface area contributed by atoms with Crippen molar-refractivity contribution in [2.45, 2.75) is 6.18 Å². The molecule has 0 spiro atoms. The summed E-state index contributed by atoms with van der Waals surface area (Å²) < 4.78 is 44.3. The van der Waals surface area contributed by atoms with E-state index in [9.17, 15) is 13.2 Å². The maximum Gasteiger partial charge on any atom is 0.419 e. The van der Waals surface area contributed by atoms with Crippen LogP contribution in [0.15, 0.2) is 47.7 Å². The average molecular weight is 536 g/mol. The molecule has 11 heteroatoms. The van der Waals surface area contributed by atoms with Gasteiger partial charge in [0.25, 0.3) is 0 Å². The Labute approximate surface area is 190 Å². The number of aliphatic imine (C=N–C) groups is 1. The summed E-state index contributed by atoms with van der Waals surface area (Å²) >= 11 is 0. The number of alkyl halides is 3. The topological polar surface area (TPSA) is 65.9 Å². The summed E-state index contributed by atoms with van der Waals surface area (Å²) in [6, 6.07) is 6.98. The fourth-order valence-corrected chi connectivity index (χ4v) is 3.06. The smallest absolute Gasteiger partial charge is 0.419 e. The van der Waals surface area contributed by atoms with Gasteiger partial charge >= 0.3 is 6.18 Å². The molecule has 3 rings (SSSR count). The molecule has 7 nitrogen and oxygen atoms in total. The van der Waals surface area contributed by atoms with Crippen LogP contribution in [0.1, 0.15) is 5.56 Å². The number of guanidine groups is 1. The third kappa shape index (κ3) is 6.34. The number of nitrogens with one attached hydrogen (secondary N) is 1. The molecule has 2 heterocycles. The summed E-state index contributed by atoms with van der Waals surface area (Å²) in [4.78, 5) is 17.0. The Bertz CT molecular complexity index is 813. The number of hydrogen-bond acceptors (Lipinski definition) is 5. The number of benzene rings is 1. The van der Waals surface area contributed by atoms with E-state index in [0.717, 1.165) is 32.2 Å².